The van der Waals surface area contributed by atoms with E-state index in [1.807, 2.05) is 6.92 Å². The summed E-state index contributed by atoms with van der Waals surface area (Å²) < 4.78 is 5.76. The molecule has 6 rings (SSSR count). The van der Waals surface area contributed by atoms with Crippen LogP contribution in [0, 0.1) is 17.0 Å². The van der Waals surface area contributed by atoms with Crippen molar-refractivity contribution in [1.29, 1.82) is 0 Å². The highest BCUT2D eigenvalue weighted by Gasteiger charge is 2.70. The van der Waals surface area contributed by atoms with E-state index in [1.54, 1.807) is 16.6 Å². The number of aliphatic carboxylic acids is 1. The molecule has 0 radical (unpaired) electrons. The Morgan fingerprint density at radius 2 is 1.98 bits per heavy atom. The van der Waals surface area contributed by atoms with Gasteiger partial charge in [0.15, 0.2) is 16.3 Å². The van der Waals surface area contributed by atoms with Crippen LogP contribution in [0.25, 0.3) is 5.78 Å². The predicted octanol–water partition coefficient (Wildman–Crippen LogP) is 3.41. The zero-order valence-corrected chi connectivity index (χ0v) is 24.3. The Bertz CT molecular complexity index is 1690. The Morgan fingerprint density at radius 1 is 1.27 bits per heavy atom. The number of nitro groups is 1. The highest BCUT2D eigenvalue weighted by molar-refractivity contribution is 9.10. The number of carboxylic acids is 1. The van der Waals surface area contributed by atoms with Gasteiger partial charge in [0.25, 0.3) is 17.4 Å². The van der Waals surface area contributed by atoms with Gasteiger partial charge in [0.05, 0.1) is 10.6 Å². The van der Waals surface area contributed by atoms with Crippen LogP contribution in [-0.4, -0.2) is 62.1 Å². The topological polar surface area (TPSA) is 170 Å². The molecule has 0 saturated carbocycles. The maximum atomic E-state index is 13.7. The first-order valence-corrected chi connectivity index (χ1v) is 14.5. The second kappa shape index (κ2) is 9.91. The van der Waals surface area contributed by atoms with Gasteiger partial charge in [-0.25, -0.2) is 14.3 Å². The van der Waals surface area contributed by atoms with Crippen molar-refractivity contribution in [3.8, 4) is 0 Å². The van der Waals surface area contributed by atoms with Crippen molar-refractivity contribution in [3.05, 3.63) is 73.3 Å². The second-order valence-electron chi connectivity index (χ2n) is 10.1. The molecule has 4 heterocycles. The lowest BCUT2D eigenvalue weighted by molar-refractivity contribution is -0.384. The summed E-state index contributed by atoms with van der Waals surface area (Å²) in [6, 6.07) is 5.76. The lowest BCUT2D eigenvalue weighted by Gasteiger charge is -2.50. The van der Waals surface area contributed by atoms with E-state index in [0.717, 1.165) is 54.4 Å². The molecule has 41 heavy (non-hydrogen) atoms. The number of carbonyl (C=O) groups is 3. The molecule has 1 amide bonds. The van der Waals surface area contributed by atoms with Crippen molar-refractivity contribution in [2.24, 2.45) is 0 Å². The highest BCUT2D eigenvalue weighted by Crippen LogP contribution is 2.60. The number of carboxylic acid groups (broad SMARTS) is 1. The maximum Gasteiger partial charge on any atom is 0.353 e. The first-order chi connectivity index (χ1) is 19.5. The van der Waals surface area contributed by atoms with Gasteiger partial charge in [-0.1, -0.05) is 28.1 Å². The molecule has 1 aliphatic carbocycles. The predicted molar refractivity (Wildman–Crippen MR) is 148 cm³/mol. The van der Waals surface area contributed by atoms with Crippen LogP contribution in [-0.2, 0) is 38.4 Å². The fourth-order valence-corrected chi connectivity index (χ4v) is 8.11. The number of halogens is 1. The van der Waals surface area contributed by atoms with E-state index in [-0.39, 0.29) is 23.6 Å². The van der Waals surface area contributed by atoms with Crippen LogP contribution in [0.3, 0.4) is 0 Å². The third-order valence-electron chi connectivity index (χ3n) is 7.52. The fourth-order valence-electron chi connectivity index (χ4n) is 5.62. The quantitative estimate of drug-likeness (QED) is 0.132. The summed E-state index contributed by atoms with van der Waals surface area (Å²) in [4.78, 5) is 59.5. The number of carbonyl (C=O) groups excluding carboxylic acids is 2. The number of non-ortho nitro benzene ring substituents is 1. The van der Waals surface area contributed by atoms with Gasteiger partial charge in [0.2, 0.25) is 0 Å². The number of β-lactam (4-membered cyclic amide) rings is 1. The molecule has 1 aromatic carbocycles. The van der Waals surface area contributed by atoms with E-state index in [9.17, 15) is 29.6 Å². The van der Waals surface area contributed by atoms with E-state index in [4.69, 9.17) is 4.74 Å². The first kappa shape index (κ1) is 27.3. The molecule has 13 nitrogen and oxygen atoms in total. The third-order valence-corrected chi connectivity index (χ3v) is 10.4. The van der Waals surface area contributed by atoms with Crippen LogP contribution < -0.4 is 0 Å². The molecule has 0 spiro atoms. The van der Waals surface area contributed by atoms with Crippen molar-refractivity contribution in [1.82, 2.24) is 24.5 Å². The molecule has 3 aromatic rings. The minimum Gasteiger partial charge on any atom is -0.477 e. The summed E-state index contributed by atoms with van der Waals surface area (Å²) in [5.41, 5.74) is 3.31. The number of allylic oxidation sites excluding steroid dienone is 1. The van der Waals surface area contributed by atoms with Crippen molar-refractivity contribution >= 4 is 57.0 Å². The fraction of sp³-hybridized carbons (Fsp3) is 0.385. The Kier molecular flexibility index (Phi) is 6.60. The molecule has 2 aromatic heterocycles. The number of esters is 1. The molecule has 0 bridgehead atoms. The number of ether oxygens (including phenoxy) is 1. The molecule has 3 atom stereocenters. The van der Waals surface area contributed by atoms with Crippen LogP contribution in [0.4, 0.5) is 5.69 Å². The lowest BCUT2D eigenvalue weighted by Crippen LogP contribution is -2.70. The molecule has 1 N–H and O–H groups in total. The Labute approximate surface area is 245 Å². The normalized spacial score (nSPS) is 22.3. The minimum atomic E-state index is -1.55. The average molecular weight is 643 g/mol. The molecule has 1 saturated heterocycles. The van der Waals surface area contributed by atoms with Crippen molar-refractivity contribution in [2.75, 3.05) is 0 Å². The van der Waals surface area contributed by atoms with Crippen molar-refractivity contribution < 1.29 is 29.2 Å². The summed E-state index contributed by atoms with van der Waals surface area (Å²) in [7, 11) is 0. The van der Waals surface area contributed by atoms with E-state index < -0.39 is 38.6 Å². The molecule has 15 heteroatoms. The summed E-state index contributed by atoms with van der Waals surface area (Å²) in [5.74, 6) is -2.15. The number of hydrogen-bond acceptors (Lipinski definition) is 10. The molecule has 2 unspecified atom stereocenters. The zero-order valence-electron chi connectivity index (χ0n) is 21.9. The summed E-state index contributed by atoms with van der Waals surface area (Å²) in [6.45, 7) is 3.13. The first-order valence-electron chi connectivity index (χ1n) is 12.8. The summed E-state index contributed by atoms with van der Waals surface area (Å²) in [6.07, 6.45) is 2.57. The van der Waals surface area contributed by atoms with Crippen LogP contribution in [0.2, 0.25) is 0 Å². The van der Waals surface area contributed by atoms with E-state index in [2.05, 4.69) is 31.0 Å². The van der Waals surface area contributed by atoms with E-state index >= 15 is 0 Å². The largest absolute Gasteiger partial charge is 0.477 e. The van der Waals surface area contributed by atoms with Gasteiger partial charge in [-0.2, -0.15) is 4.98 Å². The second-order valence-corrected chi connectivity index (χ2v) is 12.6. The van der Waals surface area contributed by atoms with Gasteiger partial charge in [-0.15, -0.1) is 16.9 Å². The summed E-state index contributed by atoms with van der Waals surface area (Å²) in [5, 5.41) is 24.9. The number of amides is 1. The molecule has 1 fully saturated rings. The Morgan fingerprint density at radius 3 is 2.63 bits per heavy atom. The SMILES string of the molecule is CC(=O)OC(c1nc2nc(C)c3c(n2n1)CCCC3)C1(Br)C(=O)N2C(C(=O)O)=C(Cc3ccc([N+](=O)[O-])cc3)S[C@@H]21. The molecule has 212 valence electrons. The number of nitrogens with zero attached hydrogens (tertiary/aromatic N) is 6. The van der Waals surface area contributed by atoms with Gasteiger partial charge >= 0.3 is 11.9 Å². The van der Waals surface area contributed by atoms with Crippen molar-refractivity contribution in [2.45, 2.75) is 61.8 Å². The lowest BCUT2D eigenvalue weighted by atomic mass is 9.90. The molecular weight excluding hydrogens is 620 g/mol. The third kappa shape index (κ3) is 4.29. The smallest absolute Gasteiger partial charge is 0.353 e. The number of benzene rings is 1. The number of alkyl halides is 1. The molecule has 3 aliphatic rings. The number of aryl methyl sites for hydroxylation is 2. The number of thioether (sulfide) groups is 1. The maximum absolute atomic E-state index is 13.7. The number of hydrogen-bond donors (Lipinski definition) is 1. The van der Waals surface area contributed by atoms with E-state index in [1.165, 1.54) is 24.0 Å². The minimum absolute atomic E-state index is 0.0808. The Hall–Kier alpha value is -3.85. The van der Waals surface area contributed by atoms with Gasteiger partial charge in [-0.3, -0.25) is 24.6 Å². The monoisotopic (exact) mass is 642 g/mol. The standard InChI is InChI=1S/C26H23BrN6O7S/c1-12-16-5-3-4-6-17(16)32-25(28-12)29-21(30-32)20(40-13(2)34)26(27)23(37)31-19(22(35)36)18(41-24(26)31)11-14-7-9-15(10-8-14)33(38)39/h7-10,20,24H,3-6,11H2,1-2H3,(H,35,36)/t20?,24-,26?/m1/s1. The number of nitro benzene ring substituents is 1. The molecule has 2 aliphatic heterocycles. The number of rotatable bonds is 7. The van der Waals surface area contributed by atoms with Crippen molar-refractivity contribution in [3.63, 3.8) is 0 Å². The van der Waals surface area contributed by atoms with E-state index in [0.29, 0.717) is 16.2 Å². The Balaban J connectivity index is 1.36. The van der Waals surface area contributed by atoms with Crippen LogP contribution in [0.5, 0.6) is 0 Å². The van der Waals surface area contributed by atoms with Gasteiger partial charge in [0, 0.05) is 36.1 Å². The van der Waals surface area contributed by atoms with Gasteiger partial charge < -0.3 is 9.84 Å². The summed E-state index contributed by atoms with van der Waals surface area (Å²) >= 11 is 4.69. The molecular formula is C26H23BrN6O7S. The van der Waals surface area contributed by atoms with Crippen LogP contribution in [0.1, 0.15) is 54.2 Å². The van der Waals surface area contributed by atoms with Gasteiger partial charge in [-0.05, 0) is 43.7 Å². The average Bonchev–Trinajstić information content (AvgIpc) is 3.52. The van der Waals surface area contributed by atoms with Crippen LogP contribution in [0.15, 0.2) is 34.9 Å². The number of fused-ring (bicyclic) bond motifs is 4. The van der Waals surface area contributed by atoms with Crippen LogP contribution >= 0.6 is 27.7 Å². The highest BCUT2D eigenvalue weighted by atomic mass is 79.9. The van der Waals surface area contributed by atoms with Gasteiger partial charge in [0.1, 0.15) is 11.1 Å². The number of aromatic nitrogens is 4. The zero-order chi connectivity index (χ0) is 29.2.